The third-order valence-electron chi connectivity index (χ3n) is 5.46. The molecule has 1 saturated heterocycles. The van der Waals surface area contributed by atoms with Crippen LogP contribution in [0.25, 0.3) is 0 Å². The molecular formula is C22H27FN2O4S. The summed E-state index contributed by atoms with van der Waals surface area (Å²) in [7, 11) is -3.93. The molecule has 1 amide bonds. The summed E-state index contributed by atoms with van der Waals surface area (Å²) in [6, 6.07) is 13.0. The summed E-state index contributed by atoms with van der Waals surface area (Å²) in [5, 5.41) is 0. The van der Waals surface area contributed by atoms with E-state index < -0.39 is 15.8 Å². The summed E-state index contributed by atoms with van der Waals surface area (Å²) >= 11 is 0. The molecule has 8 heteroatoms. The molecular weight excluding hydrogens is 407 g/mol. The van der Waals surface area contributed by atoms with Crippen LogP contribution in [-0.4, -0.2) is 56.3 Å². The molecule has 2 aromatic rings. The zero-order valence-corrected chi connectivity index (χ0v) is 18.1. The van der Waals surface area contributed by atoms with Crippen molar-refractivity contribution in [3.8, 4) is 5.75 Å². The molecule has 30 heavy (non-hydrogen) atoms. The molecule has 3 rings (SSSR count). The SMILES string of the molecule is CCC(C)c1ccccc1OCC(=O)N1CCN(S(=O)(=O)c2ccccc2F)CC1. The van der Waals surface area contributed by atoms with Crippen LogP contribution in [0.15, 0.2) is 53.4 Å². The Morgan fingerprint density at radius 1 is 1.07 bits per heavy atom. The number of amides is 1. The predicted molar refractivity (Wildman–Crippen MR) is 112 cm³/mol. The van der Waals surface area contributed by atoms with Crippen molar-refractivity contribution in [2.45, 2.75) is 31.1 Å². The molecule has 1 fully saturated rings. The molecule has 162 valence electrons. The highest BCUT2D eigenvalue weighted by Gasteiger charge is 2.31. The van der Waals surface area contributed by atoms with Gasteiger partial charge in [-0.3, -0.25) is 4.79 Å². The molecule has 1 unspecified atom stereocenters. The zero-order valence-electron chi connectivity index (χ0n) is 17.3. The Bertz CT molecular complexity index is 988. The number of carbonyl (C=O) groups is 1. The van der Waals surface area contributed by atoms with Crippen LogP contribution in [0, 0.1) is 5.82 Å². The number of sulfonamides is 1. The smallest absolute Gasteiger partial charge is 0.260 e. The molecule has 2 aromatic carbocycles. The first-order chi connectivity index (χ1) is 14.3. The van der Waals surface area contributed by atoms with E-state index in [2.05, 4.69) is 13.8 Å². The highest BCUT2D eigenvalue weighted by Crippen LogP contribution is 2.28. The van der Waals surface area contributed by atoms with Crippen LogP contribution in [0.1, 0.15) is 31.7 Å². The van der Waals surface area contributed by atoms with E-state index in [1.807, 2.05) is 24.3 Å². The van der Waals surface area contributed by atoms with Gasteiger partial charge in [-0.05, 0) is 36.1 Å². The van der Waals surface area contributed by atoms with Gasteiger partial charge in [-0.1, -0.05) is 44.2 Å². The quantitative estimate of drug-likeness (QED) is 0.671. The van der Waals surface area contributed by atoms with Gasteiger partial charge in [0, 0.05) is 26.2 Å². The standard InChI is InChI=1S/C22H27FN2O4S/c1-3-17(2)18-8-4-6-10-20(18)29-16-22(26)24-12-14-25(15-13-24)30(27,28)21-11-7-5-9-19(21)23/h4-11,17H,3,12-16H2,1-2H3. The number of para-hydroxylation sites is 1. The van der Waals surface area contributed by atoms with Gasteiger partial charge >= 0.3 is 0 Å². The average Bonchev–Trinajstić information content (AvgIpc) is 2.77. The second-order valence-corrected chi connectivity index (χ2v) is 9.26. The van der Waals surface area contributed by atoms with Crippen LogP contribution in [0.2, 0.25) is 0 Å². The average molecular weight is 435 g/mol. The van der Waals surface area contributed by atoms with Gasteiger partial charge in [-0.15, -0.1) is 0 Å². The minimum Gasteiger partial charge on any atom is -0.483 e. The molecule has 1 aliphatic heterocycles. The summed E-state index contributed by atoms with van der Waals surface area (Å²) in [6.07, 6.45) is 0.965. The van der Waals surface area contributed by atoms with Gasteiger partial charge in [0.2, 0.25) is 10.0 Å². The molecule has 0 aliphatic carbocycles. The van der Waals surface area contributed by atoms with E-state index in [9.17, 15) is 17.6 Å². The molecule has 0 spiro atoms. The summed E-state index contributed by atoms with van der Waals surface area (Å²) in [5.41, 5.74) is 1.06. The van der Waals surface area contributed by atoms with Crippen LogP contribution in [0.4, 0.5) is 4.39 Å². The summed E-state index contributed by atoms with van der Waals surface area (Å²) in [6.45, 7) is 4.82. The van der Waals surface area contributed by atoms with E-state index in [1.54, 1.807) is 4.90 Å². The lowest BCUT2D eigenvalue weighted by Crippen LogP contribution is -2.51. The van der Waals surface area contributed by atoms with Crippen molar-refractivity contribution in [2.75, 3.05) is 32.8 Å². The van der Waals surface area contributed by atoms with E-state index in [4.69, 9.17) is 4.74 Å². The molecule has 1 aliphatic rings. The second kappa shape index (κ2) is 9.57. The van der Waals surface area contributed by atoms with Crippen molar-refractivity contribution < 1.29 is 22.3 Å². The summed E-state index contributed by atoms with van der Waals surface area (Å²) in [5.74, 6) is 0.0469. The third kappa shape index (κ3) is 4.82. The number of rotatable bonds is 7. The number of hydrogen-bond acceptors (Lipinski definition) is 4. The fraction of sp³-hybridized carbons (Fsp3) is 0.409. The van der Waals surface area contributed by atoms with Crippen molar-refractivity contribution in [3.05, 3.63) is 59.9 Å². The Morgan fingerprint density at radius 2 is 1.70 bits per heavy atom. The maximum Gasteiger partial charge on any atom is 0.260 e. The van der Waals surface area contributed by atoms with Gasteiger partial charge in [0.15, 0.2) is 6.61 Å². The van der Waals surface area contributed by atoms with Gasteiger partial charge in [0.05, 0.1) is 0 Å². The van der Waals surface area contributed by atoms with Crippen LogP contribution in [0.3, 0.4) is 0 Å². The van der Waals surface area contributed by atoms with Crippen molar-refractivity contribution in [1.29, 1.82) is 0 Å². The number of ether oxygens (including phenoxy) is 1. The number of hydrogen-bond donors (Lipinski definition) is 0. The molecule has 1 heterocycles. The zero-order chi connectivity index (χ0) is 21.7. The Morgan fingerprint density at radius 3 is 2.37 bits per heavy atom. The number of halogens is 1. The summed E-state index contributed by atoms with van der Waals surface area (Å²) < 4.78 is 46.3. The van der Waals surface area contributed by atoms with Crippen molar-refractivity contribution in [3.63, 3.8) is 0 Å². The lowest BCUT2D eigenvalue weighted by molar-refractivity contribution is -0.134. The number of benzene rings is 2. The maximum atomic E-state index is 13.9. The van der Waals surface area contributed by atoms with Crippen molar-refractivity contribution >= 4 is 15.9 Å². The van der Waals surface area contributed by atoms with E-state index in [0.29, 0.717) is 11.7 Å². The number of carbonyl (C=O) groups excluding carboxylic acids is 1. The summed E-state index contributed by atoms with van der Waals surface area (Å²) in [4.78, 5) is 13.8. The molecule has 0 aromatic heterocycles. The minimum atomic E-state index is -3.93. The van der Waals surface area contributed by atoms with Gasteiger partial charge in [0.1, 0.15) is 16.5 Å². The highest BCUT2D eigenvalue weighted by molar-refractivity contribution is 7.89. The topological polar surface area (TPSA) is 66.9 Å². The minimum absolute atomic E-state index is 0.104. The van der Waals surface area contributed by atoms with E-state index in [1.165, 1.54) is 22.5 Å². The third-order valence-corrected chi connectivity index (χ3v) is 7.39. The fourth-order valence-electron chi connectivity index (χ4n) is 3.44. The lowest BCUT2D eigenvalue weighted by atomic mass is 9.98. The molecule has 6 nitrogen and oxygen atoms in total. The van der Waals surface area contributed by atoms with Gasteiger partial charge < -0.3 is 9.64 Å². The van der Waals surface area contributed by atoms with Crippen molar-refractivity contribution in [1.82, 2.24) is 9.21 Å². The maximum absolute atomic E-state index is 13.9. The fourth-order valence-corrected chi connectivity index (χ4v) is 4.93. The number of piperazine rings is 1. The normalized spacial score (nSPS) is 16.3. The van der Waals surface area contributed by atoms with Gasteiger partial charge in [-0.25, -0.2) is 12.8 Å². The van der Waals surface area contributed by atoms with Gasteiger partial charge in [-0.2, -0.15) is 4.31 Å². The van der Waals surface area contributed by atoms with E-state index >= 15 is 0 Å². The monoisotopic (exact) mass is 434 g/mol. The molecule has 1 atom stereocenters. The lowest BCUT2D eigenvalue weighted by Gasteiger charge is -2.34. The van der Waals surface area contributed by atoms with E-state index in [0.717, 1.165) is 18.1 Å². The molecule has 0 bridgehead atoms. The molecule has 0 radical (unpaired) electrons. The largest absolute Gasteiger partial charge is 0.483 e. The number of nitrogens with zero attached hydrogens (tertiary/aromatic N) is 2. The Kier molecular flexibility index (Phi) is 7.10. The predicted octanol–water partition coefficient (Wildman–Crippen LogP) is 3.25. The highest BCUT2D eigenvalue weighted by atomic mass is 32.2. The van der Waals surface area contributed by atoms with Crippen LogP contribution < -0.4 is 4.74 Å². The van der Waals surface area contributed by atoms with Crippen molar-refractivity contribution in [2.24, 2.45) is 0 Å². The Balaban J connectivity index is 1.58. The second-order valence-electron chi connectivity index (χ2n) is 7.35. The first kappa shape index (κ1) is 22.2. The van der Waals surface area contributed by atoms with Crippen LogP contribution >= 0.6 is 0 Å². The van der Waals surface area contributed by atoms with Gasteiger partial charge in [0.25, 0.3) is 5.91 Å². The Labute approximate surface area is 177 Å². The Hall–Kier alpha value is -2.45. The molecule has 0 saturated carbocycles. The van der Waals surface area contributed by atoms with E-state index in [-0.39, 0.29) is 43.6 Å². The van der Waals surface area contributed by atoms with Crippen LogP contribution in [0.5, 0.6) is 5.75 Å². The first-order valence-corrected chi connectivity index (χ1v) is 11.5. The van der Waals surface area contributed by atoms with Crippen LogP contribution in [-0.2, 0) is 14.8 Å². The molecule has 0 N–H and O–H groups in total. The first-order valence-electron chi connectivity index (χ1n) is 10.1.